The van der Waals surface area contributed by atoms with Crippen LogP contribution in [-0.4, -0.2) is 25.8 Å². The fraction of sp³-hybridized carbons (Fsp3) is 0.357. The fourth-order valence-electron chi connectivity index (χ4n) is 2.87. The predicted molar refractivity (Wildman–Crippen MR) is 74.8 cm³/mol. The number of hydrogen-bond donors (Lipinski definition) is 1. The lowest BCUT2D eigenvalue weighted by molar-refractivity contribution is 0.106. The van der Waals surface area contributed by atoms with Crippen LogP contribution in [0.3, 0.4) is 0 Å². The highest BCUT2D eigenvalue weighted by atomic mass is 16.4. The molecule has 104 valence electrons. The minimum atomic E-state index is -0.260. The molecule has 1 aliphatic carbocycles. The monoisotopic (exact) mass is 273 g/mol. The van der Waals surface area contributed by atoms with E-state index in [9.17, 15) is 9.59 Å². The largest absolute Gasteiger partial charge is 0.411 e. The number of nitrogens with zero attached hydrogens (tertiary/aromatic N) is 3. The maximum absolute atomic E-state index is 12.3. The fourth-order valence-corrected chi connectivity index (χ4v) is 2.87. The third-order valence-corrected chi connectivity index (χ3v) is 3.86. The van der Waals surface area contributed by atoms with Gasteiger partial charge < -0.3 is 5.21 Å². The van der Waals surface area contributed by atoms with Gasteiger partial charge in [0.2, 0.25) is 5.78 Å². The number of carbonyl (C=O) groups excluding carboxylic acids is 1. The first kappa shape index (κ1) is 12.7. The zero-order valence-corrected chi connectivity index (χ0v) is 11.4. The van der Waals surface area contributed by atoms with Crippen LogP contribution in [0, 0.1) is 0 Å². The van der Waals surface area contributed by atoms with E-state index in [2.05, 4.69) is 5.16 Å². The van der Waals surface area contributed by atoms with E-state index in [-0.39, 0.29) is 17.2 Å². The summed E-state index contributed by atoms with van der Waals surface area (Å²) in [5, 5.41) is 11.9. The summed E-state index contributed by atoms with van der Waals surface area (Å²) in [7, 11) is 0. The van der Waals surface area contributed by atoms with Crippen molar-refractivity contribution < 1.29 is 10.0 Å². The molecule has 0 amide bonds. The number of benzene rings is 1. The predicted octanol–water partition coefficient (Wildman–Crippen LogP) is 1.41. The number of aromatic nitrogens is 2. The van der Waals surface area contributed by atoms with Crippen LogP contribution in [-0.2, 0) is 19.5 Å². The number of rotatable bonds is 2. The third-order valence-electron chi connectivity index (χ3n) is 3.86. The van der Waals surface area contributed by atoms with Crippen LogP contribution in [0.1, 0.15) is 29.8 Å². The molecule has 3 rings (SSSR count). The van der Waals surface area contributed by atoms with Gasteiger partial charge in [0.15, 0.2) is 0 Å². The summed E-state index contributed by atoms with van der Waals surface area (Å²) in [4.78, 5) is 24.3. The number of oxime groups is 1. The number of fused-ring (bicyclic) bond motifs is 2. The van der Waals surface area contributed by atoms with Gasteiger partial charge in [-0.25, -0.2) is 4.79 Å². The molecule has 0 aliphatic heterocycles. The van der Waals surface area contributed by atoms with Crippen molar-refractivity contribution in [1.29, 1.82) is 0 Å². The number of imidazole rings is 1. The van der Waals surface area contributed by atoms with Gasteiger partial charge in [-0.05, 0) is 31.5 Å². The van der Waals surface area contributed by atoms with Crippen LogP contribution < -0.4 is 5.69 Å². The maximum Gasteiger partial charge on any atom is 0.329 e. The first-order chi connectivity index (χ1) is 9.62. The van der Waals surface area contributed by atoms with E-state index in [4.69, 9.17) is 5.21 Å². The molecule has 6 nitrogen and oxygen atoms in total. The Balaban J connectivity index is 2.37. The van der Waals surface area contributed by atoms with Gasteiger partial charge in [-0.2, -0.15) is 0 Å². The zero-order chi connectivity index (χ0) is 14.4. The summed E-state index contributed by atoms with van der Waals surface area (Å²) in [5.74, 6) is -0.260. The number of hydrogen-bond acceptors (Lipinski definition) is 4. The van der Waals surface area contributed by atoms with Crippen molar-refractivity contribution >= 4 is 22.5 Å². The number of aryl methyl sites for hydroxylation is 2. The smallest absolute Gasteiger partial charge is 0.329 e. The molecule has 1 aromatic heterocycles. The molecule has 1 N–H and O–H groups in total. The van der Waals surface area contributed by atoms with Crippen molar-refractivity contribution in [2.45, 2.75) is 33.4 Å². The van der Waals surface area contributed by atoms with Crippen LogP contribution in [0.2, 0.25) is 0 Å². The van der Waals surface area contributed by atoms with Crippen LogP contribution in [0.15, 0.2) is 22.1 Å². The van der Waals surface area contributed by atoms with Gasteiger partial charge in [0.1, 0.15) is 5.71 Å². The lowest BCUT2D eigenvalue weighted by atomic mass is 10.1. The highest BCUT2D eigenvalue weighted by molar-refractivity contribution is 6.49. The van der Waals surface area contributed by atoms with Gasteiger partial charge in [-0.3, -0.25) is 13.9 Å². The average Bonchev–Trinajstić information content (AvgIpc) is 2.90. The molecular formula is C14H15N3O3. The molecule has 6 heteroatoms. The Morgan fingerprint density at radius 3 is 2.30 bits per heavy atom. The summed E-state index contributed by atoms with van der Waals surface area (Å²) >= 11 is 0. The van der Waals surface area contributed by atoms with E-state index in [0.29, 0.717) is 25.1 Å². The molecule has 0 saturated carbocycles. The van der Waals surface area contributed by atoms with Crippen molar-refractivity contribution in [2.75, 3.05) is 0 Å². The SMILES string of the molecule is CCn1c(=O)n(CC)c2cc3c(cc21)CC(=NO)C3=O. The van der Waals surface area contributed by atoms with E-state index in [1.54, 1.807) is 15.2 Å². The van der Waals surface area contributed by atoms with Crippen LogP contribution in [0.4, 0.5) is 0 Å². The number of carbonyl (C=O) groups is 1. The van der Waals surface area contributed by atoms with E-state index in [0.717, 1.165) is 16.6 Å². The van der Waals surface area contributed by atoms with E-state index in [1.165, 1.54) is 0 Å². The van der Waals surface area contributed by atoms with Crippen molar-refractivity contribution in [1.82, 2.24) is 9.13 Å². The van der Waals surface area contributed by atoms with Crippen molar-refractivity contribution in [2.24, 2.45) is 5.16 Å². The van der Waals surface area contributed by atoms with Crippen molar-refractivity contribution in [3.63, 3.8) is 0 Å². The maximum atomic E-state index is 12.3. The minimum Gasteiger partial charge on any atom is -0.411 e. The van der Waals surface area contributed by atoms with E-state index >= 15 is 0 Å². The first-order valence-electron chi connectivity index (χ1n) is 6.63. The highest BCUT2D eigenvalue weighted by Gasteiger charge is 2.28. The standard InChI is InChI=1S/C14H15N3O3/c1-3-16-11-6-8-5-10(15-20)13(18)9(8)7-12(11)17(4-2)14(16)19/h6-7,20H,3-5H2,1-2H3. The second-order valence-corrected chi connectivity index (χ2v) is 4.82. The average molecular weight is 273 g/mol. The van der Waals surface area contributed by atoms with Crippen LogP contribution >= 0.6 is 0 Å². The Hall–Kier alpha value is -2.37. The topological polar surface area (TPSA) is 76.6 Å². The molecule has 20 heavy (non-hydrogen) atoms. The molecule has 0 fully saturated rings. The summed E-state index contributed by atoms with van der Waals surface area (Å²) in [6.07, 6.45) is 0.315. The summed E-state index contributed by atoms with van der Waals surface area (Å²) in [6, 6.07) is 3.60. The Morgan fingerprint density at radius 2 is 1.75 bits per heavy atom. The third kappa shape index (κ3) is 1.47. The van der Waals surface area contributed by atoms with Crippen LogP contribution in [0.5, 0.6) is 0 Å². The normalized spacial score (nSPS) is 16.3. The molecule has 0 spiro atoms. The molecule has 0 unspecified atom stereocenters. The van der Waals surface area contributed by atoms with Gasteiger partial charge in [0.05, 0.1) is 11.0 Å². The Bertz CT molecular complexity index is 811. The highest BCUT2D eigenvalue weighted by Crippen LogP contribution is 2.26. The number of Topliss-reactive ketones (excluding diaryl/α,β-unsaturated/α-hetero) is 1. The van der Waals surface area contributed by atoms with Crippen molar-refractivity contribution in [3.8, 4) is 0 Å². The molecular weight excluding hydrogens is 258 g/mol. The van der Waals surface area contributed by atoms with Gasteiger partial charge in [-0.1, -0.05) is 5.16 Å². The van der Waals surface area contributed by atoms with Crippen LogP contribution in [0.25, 0.3) is 11.0 Å². The summed E-state index contributed by atoms with van der Waals surface area (Å²) < 4.78 is 3.35. The van der Waals surface area contributed by atoms with E-state index < -0.39 is 0 Å². The molecule has 0 radical (unpaired) electrons. The molecule has 0 atom stereocenters. The molecule has 2 aromatic rings. The molecule has 0 saturated heterocycles. The minimum absolute atomic E-state index is 0.0582. The van der Waals surface area contributed by atoms with Crippen molar-refractivity contribution in [3.05, 3.63) is 33.7 Å². The first-order valence-corrected chi connectivity index (χ1v) is 6.63. The lowest BCUT2D eigenvalue weighted by Gasteiger charge is -2.01. The Morgan fingerprint density at radius 1 is 1.15 bits per heavy atom. The lowest BCUT2D eigenvalue weighted by Crippen LogP contribution is -2.23. The Kier molecular flexibility index (Phi) is 2.74. The van der Waals surface area contributed by atoms with Gasteiger partial charge in [0.25, 0.3) is 0 Å². The second kappa shape index (κ2) is 4.33. The van der Waals surface area contributed by atoms with Gasteiger partial charge in [-0.15, -0.1) is 0 Å². The number of ketones is 1. The Labute approximate surface area is 114 Å². The summed E-state index contributed by atoms with van der Waals surface area (Å²) in [5.41, 5.74) is 3.01. The zero-order valence-electron chi connectivity index (χ0n) is 11.4. The molecule has 0 bridgehead atoms. The van der Waals surface area contributed by atoms with Gasteiger partial charge in [0, 0.05) is 25.1 Å². The van der Waals surface area contributed by atoms with Gasteiger partial charge >= 0.3 is 5.69 Å². The quantitative estimate of drug-likeness (QED) is 0.664. The second-order valence-electron chi connectivity index (χ2n) is 4.82. The summed E-state index contributed by atoms with van der Waals surface area (Å²) in [6.45, 7) is 4.95. The molecule has 1 aromatic carbocycles. The molecule has 1 aliphatic rings. The van der Waals surface area contributed by atoms with E-state index in [1.807, 2.05) is 19.9 Å². The molecule has 1 heterocycles.